The summed E-state index contributed by atoms with van der Waals surface area (Å²) < 4.78 is 41.4. The number of anilines is 1. The lowest BCUT2D eigenvalue weighted by molar-refractivity contribution is -0.405. The number of fused-ring (bicyclic) bond motifs is 1. The van der Waals surface area contributed by atoms with E-state index in [-0.39, 0.29) is 17.9 Å². The fourth-order valence-electron chi connectivity index (χ4n) is 3.76. The van der Waals surface area contributed by atoms with E-state index in [9.17, 15) is 27.6 Å². The van der Waals surface area contributed by atoms with Gasteiger partial charge in [-0.3, -0.25) is 4.79 Å². The van der Waals surface area contributed by atoms with Gasteiger partial charge < -0.3 is 5.32 Å². The topological polar surface area (TPSA) is 87.3 Å². The highest BCUT2D eigenvalue weighted by atomic mass is 19.4. The van der Waals surface area contributed by atoms with Crippen molar-refractivity contribution < 1.29 is 32.1 Å². The molecule has 8 nitrogen and oxygen atoms in total. The molecule has 0 fully saturated rings. The van der Waals surface area contributed by atoms with Crippen LogP contribution in [0.5, 0.6) is 0 Å². The Morgan fingerprint density at radius 1 is 1.24 bits per heavy atom. The van der Waals surface area contributed by atoms with Gasteiger partial charge in [-0.25, -0.2) is 9.48 Å². The summed E-state index contributed by atoms with van der Waals surface area (Å²) in [6, 6.07) is 5.65. The Balaban J connectivity index is 1.49. The van der Waals surface area contributed by atoms with Crippen molar-refractivity contribution in [1.29, 1.82) is 0 Å². The number of nitrogens with zero attached hydrogens (tertiary/aromatic N) is 4. The molecular formula is C22H19F3N5O3+. The lowest BCUT2D eigenvalue weighted by Gasteiger charge is -2.27. The SMILES string of the molecule is CN1C(=O)C2C(CC(=O)Nc3ccn(-c4cccc(C(F)(F)F)c4)n3)=CC=CC2=[N+](C)C1=O. The molecule has 2 aliphatic rings. The fourth-order valence-corrected chi connectivity index (χ4v) is 3.76. The molecule has 0 saturated heterocycles. The Bertz CT molecular complexity index is 1260. The van der Waals surface area contributed by atoms with Crippen LogP contribution in [0.1, 0.15) is 12.0 Å². The van der Waals surface area contributed by atoms with Crippen LogP contribution in [0.2, 0.25) is 0 Å². The number of amides is 4. The minimum absolute atomic E-state index is 0.128. The van der Waals surface area contributed by atoms with Crippen molar-refractivity contribution in [2.75, 3.05) is 19.4 Å². The van der Waals surface area contributed by atoms with Crippen LogP contribution in [0.4, 0.5) is 23.8 Å². The number of imide groups is 1. The second-order valence-corrected chi connectivity index (χ2v) is 7.62. The molecular weight excluding hydrogens is 439 g/mol. The normalized spacial score (nSPS) is 18.4. The maximum Gasteiger partial charge on any atom is 0.500 e. The third-order valence-electron chi connectivity index (χ3n) is 5.44. The van der Waals surface area contributed by atoms with Crippen molar-refractivity contribution in [1.82, 2.24) is 14.7 Å². The first kappa shape index (κ1) is 22.2. The molecule has 1 aliphatic carbocycles. The molecule has 4 amide bonds. The summed E-state index contributed by atoms with van der Waals surface area (Å²) in [6.07, 6.45) is 1.80. The van der Waals surface area contributed by atoms with E-state index in [0.29, 0.717) is 11.3 Å². The minimum atomic E-state index is -4.48. The van der Waals surface area contributed by atoms with Crippen molar-refractivity contribution >= 4 is 29.4 Å². The molecule has 0 saturated carbocycles. The average Bonchev–Trinajstić information content (AvgIpc) is 3.24. The van der Waals surface area contributed by atoms with E-state index in [1.54, 1.807) is 25.3 Å². The van der Waals surface area contributed by atoms with Crippen molar-refractivity contribution in [3.8, 4) is 5.69 Å². The Labute approximate surface area is 186 Å². The molecule has 1 atom stereocenters. The number of hydrogen-bond acceptors (Lipinski definition) is 4. The summed E-state index contributed by atoms with van der Waals surface area (Å²) in [4.78, 5) is 38.5. The predicted molar refractivity (Wildman–Crippen MR) is 112 cm³/mol. The second kappa shape index (κ2) is 8.15. The number of urea groups is 1. The van der Waals surface area contributed by atoms with Gasteiger partial charge in [0, 0.05) is 18.7 Å². The summed E-state index contributed by atoms with van der Waals surface area (Å²) in [5, 5.41) is 6.71. The number of halogens is 3. The number of aromatic nitrogens is 2. The predicted octanol–water partition coefficient (Wildman–Crippen LogP) is 3.01. The van der Waals surface area contributed by atoms with Crippen LogP contribution in [0.15, 0.2) is 60.3 Å². The fraction of sp³-hybridized carbons (Fsp3) is 0.227. The van der Waals surface area contributed by atoms with E-state index >= 15 is 0 Å². The van der Waals surface area contributed by atoms with Crippen molar-refractivity contribution in [2.45, 2.75) is 12.6 Å². The summed E-state index contributed by atoms with van der Waals surface area (Å²) in [5.41, 5.74) is 0.380. The summed E-state index contributed by atoms with van der Waals surface area (Å²) in [7, 11) is 2.94. The van der Waals surface area contributed by atoms with Gasteiger partial charge in [-0.1, -0.05) is 18.2 Å². The van der Waals surface area contributed by atoms with E-state index in [1.165, 1.54) is 40.7 Å². The van der Waals surface area contributed by atoms with Crippen LogP contribution in [0.3, 0.4) is 0 Å². The van der Waals surface area contributed by atoms with Gasteiger partial charge in [0.1, 0.15) is 11.6 Å². The second-order valence-electron chi connectivity index (χ2n) is 7.62. The highest BCUT2D eigenvalue weighted by Gasteiger charge is 2.46. The molecule has 11 heteroatoms. The van der Waals surface area contributed by atoms with E-state index in [0.717, 1.165) is 17.0 Å². The van der Waals surface area contributed by atoms with Gasteiger partial charge in [0.25, 0.3) is 0 Å². The van der Waals surface area contributed by atoms with Crippen LogP contribution in [-0.4, -0.2) is 56.9 Å². The number of carbonyl (C=O) groups excluding carboxylic acids is 3. The maximum absolute atomic E-state index is 13.0. The number of benzene rings is 1. The molecule has 1 N–H and O–H groups in total. The number of allylic oxidation sites excluding steroid dienone is 3. The molecule has 2 aromatic rings. The first-order valence-corrected chi connectivity index (χ1v) is 9.88. The van der Waals surface area contributed by atoms with Crippen molar-refractivity contribution in [3.05, 3.63) is 65.9 Å². The standard InChI is InChI=1S/C22H18F3N5O3/c1-28-16-8-3-5-13(19(16)20(32)29(2)21(28)33)11-18(31)26-17-9-10-30(27-17)15-7-4-6-14(12-15)22(23,24)25/h3-10,12,19H,11H2,1-2H3/p+1. The molecule has 0 spiro atoms. The Kier molecular flexibility index (Phi) is 5.48. The highest BCUT2D eigenvalue weighted by Crippen LogP contribution is 2.30. The molecule has 0 bridgehead atoms. The zero-order valence-electron chi connectivity index (χ0n) is 17.6. The minimum Gasteiger partial charge on any atom is -0.309 e. The quantitative estimate of drug-likeness (QED) is 0.714. The molecule has 170 valence electrons. The van der Waals surface area contributed by atoms with Crippen LogP contribution in [0.25, 0.3) is 5.69 Å². The number of carbonyl (C=O) groups is 3. The Hall–Kier alpha value is -4.02. The van der Waals surface area contributed by atoms with E-state index in [1.807, 2.05) is 0 Å². The molecule has 1 unspecified atom stereocenters. The summed E-state index contributed by atoms with van der Waals surface area (Å²) in [5.74, 6) is -1.49. The van der Waals surface area contributed by atoms with E-state index < -0.39 is 35.5 Å². The van der Waals surface area contributed by atoms with Gasteiger partial charge >= 0.3 is 18.1 Å². The first-order valence-electron chi connectivity index (χ1n) is 9.88. The zero-order chi connectivity index (χ0) is 23.9. The smallest absolute Gasteiger partial charge is 0.309 e. The summed E-state index contributed by atoms with van der Waals surface area (Å²) >= 11 is 0. The van der Waals surface area contributed by atoms with Crippen LogP contribution in [-0.2, 0) is 15.8 Å². The van der Waals surface area contributed by atoms with Gasteiger partial charge in [-0.05, 0) is 29.8 Å². The van der Waals surface area contributed by atoms with Crippen LogP contribution < -0.4 is 5.32 Å². The van der Waals surface area contributed by atoms with Crippen LogP contribution >= 0.6 is 0 Å². The average molecular weight is 458 g/mol. The molecule has 1 aromatic heterocycles. The van der Waals surface area contributed by atoms with Crippen molar-refractivity contribution in [3.63, 3.8) is 0 Å². The first-order chi connectivity index (χ1) is 15.6. The lowest BCUT2D eigenvalue weighted by Crippen LogP contribution is -2.52. The van der Waals surface area contributed by atoms with Gasteiger partial charge in [0.05, 0.1) is 25.3 Å². The largest absolute Gasteiger partial charge is 0.500 e. The molecule has 2 heterocycles. The van der Waals surface area contributed by atoms with E-state index in [2.05, 4.69) is 10.4 Å². The Morgan fingerprint density at radius 3 is 2.73 bits per heavy atom. The molecule has 1 aliphatic heterocycles. The zero-order valence-corrected chi connectivity index (χ0v) is 17.6. The number of nitrogens with one attached hydrogen (secondary N) is 1. The van der Waals surface area contributed by atoms with Crippen LogP contribution in [0, 0.1) is 5.92 Å². The van der Waals surface area contributed by atoms with E-state index in [4.69, 9.17) is 0 Å². The summed E-state index contributed by atoms with van der Waals surface area (Å²) in [6.45, 7) is 0. The van der Waals surface area contributed by atoms with Gasteiger partial charge in [-0.15, -0.1) is 0 Å². The Morgan fingerprint density at radius 2 is 2.00 bits per heavy atom. The van der Waals surface area contributed by atoms with Gasteiger partial charge in [0.2, 0.25) is 5.91 Å². The third kappa shape index (κ3) is 4.21. The highest BCUT2D eigenvalue weighted by molar-refractivity contribution is 6.17. The molecule has 0 radical (unpaired) electrons. The number of rotatable bonds is 4. The third-order valence-corrected chi connectivity index (χ3v) is 5.44. The molecule has 1 aromatic carbocycles. The molecule has 4 rings (SSSR count). The lowest BCUT2D eigenvalue weighted by atomic mass is 9.85. The van der Waals surface area contributed by atoms with Crippen molar-refractivity contribution in [2.24, 2.45) is 5.92 Å². The maximum atomic E-state index is 13.0. The molecule has 33 heavy (non-hydrogen) atoms. The number of hydrogen-bond donors (Lipinski definition) is 1. The number of alkyl halides is 3. The van der Waals surface area contributed by atoms with Gasteiger partial charge in [0.15, 0.2) is 5.82 Å². The monoisotopic (exact) mass is 458 g/mol. The van der Waals surface area contributed by atoms with Gasteiger partial charge in [-0.2, -0.15) is 32.5 Å².